The second-order valence-corrected chi connectivity index (χ2v) is 10.2. The lowest BCUT2D eigenvalue weighted by Gasteiger charge is -2.26. The Bertz CT molecular complexity index is 1200. The summed E-state index contributed by atoms with van der Waals surface area (Å²) < 4.78 is 40.5. The van der Waals surface area contributed by atoms with Crippen LogP contribution in [0.1, 0.15) is 6.42 Å². The first-order valence-electron chi connectivity index (χ1n) is 10.5. The van der Waals surface area contributed by atoms with Crippen LogP contribution in [0.15, 0.2) is 69.9 Å². The van der Waals surface area contributed by atoms with Crippen LogP contribution in [0.25, 0.3) is 11.3 Å². The minimum absolute atomic E-state index is 0.299. The van der Waals surface area contributed by atoms with Crippen LogP contribution in [0.4, 0.5) is 5.69 Å². The Hall–Kier alpha value is -2.30. The second kappa shape index (κ2) is 10.5. The van der Waals surface area contributed by atoms with Gasteiger partial charge in [0.2, 0.25) is 10.0 Å². The number of para-hydroxylation sites is 1. The topological polar surface area (TPSA) is 73.1 Å². The molecule has 0 unspecified atom stereocenters. The third-order valence-corrected chi connectivity index (χ3v) is 8.00. The molecule has 0 spiro atoms. The maximum atomic E-state index is 13.1. The van der Waals surface area contributed by atoms with Gasteiger partial charge in [0.1, 0.15) is 0 Å². The molecule has 32 heavy (non-hydrogen) atoms. The van der Waals surface area contributed by atoms with Crippen molar-refractivity contribution in [3.63, 3.8) is 0 Å². The summed E-state index contributed by atoms with van der Waals surface area (Å²) >= 11 is 1.54. The van der Waals surface area contributed by atoms with Crippen molar-refractivity contribution in [3.8, 4) is 11.3 Å². The summed E-state index contributed by atoms with van der Waals surface area (Å²) in [6.45, 7) is 2.96. The summed E-state index contributed by atoms with van der Waals surface area (Å²) in [5, 5.41) is 2.04. The molecule has 9 heteroatoms. The Kier molecular flexibility index (Phi) is 7.54. The summed E-state index contributed by atoms with van der Waals surface area (Å²) in [6.07, 6.45) is 0.827. The predicted molar refractivity (Wildman–Crippen MR) is 125 cm³/mol. The molecule has 0 radical (unpaired) electrons. The zero-order valence-electron chi connectivity index (χ0n) is 18.0. The Morgan fingerprint density at radius 1 is 1.09 bits per heavy atom. The average molecular weight is 474 g/mol. The third kappa shape index (κ3) is 5.19. The number of morpholine rings is 1. The SMILES string of the molecule is COCCCn1c(-c2cccc(S(=O)(=O)N3CCOCC3)c2)csc1=Nc1ccccc1. The van der Waals surface area contributed by atoms with Crippen molar-refractivity contribution in [2.75, 3.05) is 40.0 Å². The molecule has 0 saturated carbocycles. The van der Waals surface area contributed by atoms with Gasteiger partial charge >= 0.3 is 0 Å². The molecule has 0 N–H and O–H groups in total. The van der Waals surface area contributed by atoms with Crippen LogP contribution in [0.3, 0.4) is 0 Å². The number of thiazole rings is 1. The fourth-order valence-corrected chi connectivity index (χ4v) is 6.01. The molecule has 7 nitrogen and oxygen atoms in total. The van der Waals surface area contributed by atoms with Crippen LogP contribution in [0.2, 0.25) is 0 Å². The van der Waals surface area contributed by atoms with E-state index in [1.807, 2.05) is 41.8 Å². The van der Waals surface area contributed by atoms with E-state index in [4.69, 9.17) is 14.5 Å². The van der Waals surface area contributed by atoms with Crippen LogP contribution in [-0.2, 0) is 26.0 Å². The molecular formula is C23H27N3O4S2. The van der Waals surface area contributed by atoms with Gasteiger partial charge in [-0.3, -0.25) is 0 Å². The van der Waals surface area contributed by atoms with Crippen LogP contribution < -0.4 is 4.80 Å². The van der Waals surface area contributed by atoms with E-state index in [0.717, 1.165) is 34.7 Å². The maximum Gasteiger partial charge on any atom is 0.243 e. The highest BCUT2D eigenvalue weighted by Crippen LogP contribution is 2.26. The highest BCUT2D eigenvalue weighted by Gasteiger charge is 2.26. The van der Waals surface area contributed by atoms with Gasteiger partial charge in [-0.15, -0.1) is 11.3 Å². The van der Waals surface area contributed by atoms with Gasteiger partial charge in [-0.25, -0.2) is 13.4 Å². The van der Waals surface area contributed by atoms with E-state index in [-0.39, 0.29) is 0 Å². The first-order chi connectivity index (χ1) is 15.6. The van der Waals surface area contributed by atoms with Crippen LogP contribution in [0.5, 0.6) is 0 Å². The van der Waals surface area contributed by atoms with Gasteiger partial charge in [0.25, 0.3) is 0 Å². The van der Waals surface area contributed by atoms with E-state index in [1.54, 1.807) is 36.6 Å². The summed E-state index contributed by atoms with van der Waals surface area (Å²) in [7, 11) is -1.88. The molecule has 1 aliphatic heterocycles. The minimum atomic E-state index is -3.56. The lowest BCUT2D eigenvalue weighted by atomic mass is 10.2. The summed E-state index contributed by atoms with van der Waals surface area (Å²) in [4.78, 5) is 5.97. The highest BCUT2D eigenvalue weighted by molar-refractivity contribution is 7.89. The lowest BCUT2D eigenvalue weighted by Crippen LogP contribution is -2.40. The zero-order chi connectivity index (χ0) is 22.4. The molecule has 0 aliphatic carbocycles. The van der Waals surface area contributed by atoms with Crippen LogP contribution in [-0.4, -0.2) is 57.3 Å². The van der Waals surface area contributed by atoms with Crippen molar-refractivity contribution in [2.45, 2.75) is 17.9 Å². The van der Waals surface area contributed by atoms with E-state index < -0.39 is 10.0 Å². The van der Waals surface area contributed by atoms with Crippen molar-refractivity contribution >= 4 is 27.0 Å². The molecule has 1 fully saturated rings. The van der Waals surface area contributed by atoms with Crippen molar-refractivity contribution in [3.05, 3.63) is 64.8 Å². The summed E-state index contributed by atoms with van der Waals surface area (Å²) in [5.74, 6) is 0. The van der Waals surface area contributed by atoms with E-state index in [9.17, 15) is 8.42 Å². The Morgan fingerprint density at radius 2 is 1.88 bits per heavy atom. The van der Waals surface area contributed by atoms with Gasteiger partial charge in [-0.05, 0) is 30.7 Å². The van der Waals surface area contributed by atoms with Gasteiger partial charge in [0, 0.05) is 44.3 Å². The Balaban J connectivity index is 1.73. The molecule has 0 bridgehead atoms. The number of sulfonamides is 1. The standard InChI is InChI=1S/C23H27N3O4S2/c1-29-14-6-11-26-22(18-31-23(26)24-20-8-3-2-4-9-20)19-7-5-10-21(17-19)32(27,28)25-12-15-30-16-13-25/h2-5,7-10,17-18H,6,11-16H2,1H3. The number of hydrogen-bond acceptors (Lipinski definition) is 6. The molecule has 1 saturated heterocycles. The molecule has 3 aromatic rings. The molecule has 1 aromatic heterocycles. The largest absolute Gasteiger partial charge is 0.385 e. The molecule has 4 rings (SSSR count). The molecule has 1 aliphatic rings. The lowest BCUT2D eigenvalue weighted by molar-refractivity contribution is 0.0730. The maximum absolute atomic E-state index is 13.1. The van der Waals surface area contributed by atoms with Crippen molar-refractivity contribution in [1.29, 1.82) is 0 Å². The molecule has 0 atom stereocenters. The van der Waals surface area contributed by atoms with Crippen molar-refractivity contribution in [1.82, 2.24) is 8.87 Å². The predicted octanol–water partition coefficient (Wildman–Crippen LogP) is 3.51. The van der Waals surface area contributed by atoms with Crippen LogP contribution in [0, 0.1) is 0 Å². The second-order valence-electron chi connectivity index (χ2n) is 7.39. The highest BCUT2D eigenvalue weighted by atomic mass is 32.2. The number of ether oxygens (including phenoxy) is 2. The van der Waals surface area contributed by atoms with E-state index in [1.165, 1.54) is 4.31 Å². The van der Waals surface area contributed by atoms with Crippen LogP contribution >= 0.6 is 11.3 Å². The van der Waals surface area contributed by atoms with Gasteiger partial charge in [0.15, 0.2) is 4.80 Å². The molecule has 170 valence electrons. The minimum Gasteiger partial charge on any atom is -0.385 e. The molecular weight excluding hydrogens is 446 g/mol. The number of aromatic nitrogens is 1. The molecule has 2 heterocycles. The quantitative estimate of drug-likeness (QED) is 0.470. The van der Waals surface area contributed by atoms with Gasteiger partial charge in [-0.2, -0.15) is 4.31 Å². The number of rotatable bonds is 8. The first-order valence-corrected chi connectivity index (χ1v) is 12.9. The third-order valence-electron chi connectivity index (χ3n) is 5.25. The van der Waals surface area contributed by atoms with E-state index >= 15 is 0 Å². The summed E-state index contributed by atoms with van der Waals surface area (Å²) in [5.41, 5.74) is 2.67. The van der Waals surface area contributed by atoms with Gasteiger partial charge in [0.05, 0.1) is 29.5 Å². The van der Waals surface area contributed by atoms with Gasteiger partial charge in [-0.1, -0.05) is 30.3 Å². The fraction of sp³-hybridized carbons (Fsp3) is 0.348. The summed E-state index contributed by atoms with van der Waals surface area (Å²) in [6, 6.07) is 17.0. The average Bonchev–Trinajstić information content (AvgIpc) is 3.23. The van der Waals surface area contributed by atoms with E-state index in [0.29, 0.717) is 37.8 Å². The molecule has 0 amide bonds. The Morgan fingerprint density at radius 3 is 2.62 bits per heavy atom. The first kappa shape index (κ1) is 22.9. The van der Waals surface area contributed by atoms with Gasteiger partial charge < -0.3 is 14.0 Å². The molecule has 2 aromatic carbocycles. The normalized spacial score (nSPS) is 15.8. The zero-order valence-corrected chi connectivity index (χ0v) is 19.6. The number of methoxy groups -OCH3 is 1. The van der Waals surface area contributed by atoms with Crippen molar-refractivity contribution < 1.29 is 17.9 Å². The van der Waals surface area contributed by atoms with E-state index in [2.05, 4.69) is 4.57 Å². The number of nitrogens with zero attached hydrogens (tertiary/aromatic N) is 3. The number of hydrogen-bond donors (Lipinski definition) is 0. The number of benzene rings is 2. The fourth-order valence-electron chi connectivity index (χ4n) is 3.60. The Labute approximate surface area is 192 Å². The van der Waals surface area contributed by atoms with Crippen molar-refractivity contribution in [2.24, 2.45) is 4.99 Å². The monoisotopic (exact) mass is 473 g/mol. The smallest absolute Gasteiger partial charge is 0.243 e.